The van der Waals surface area contributed by atoms with Gasteiger partial charge >= 0.3 is 0 Å². The van der Waals surface area contributed by atoms with Crippen LogP contribution in [0.1, 0.15) is 5.56 Å². The average molecular weight is 167 g/mol. The molecule has 2 heteroatoms. The highest BCUT2D eigenvalue weighted by Crippen LogP contribution is 1.99. The highest BCUT2D eigenvalue weighted by Gasteiger charge is 1.80. The molecule has 1 radical (unpaired) electrons. The van der Waals surface area contributed by atoms with E-state index in [1.807, 2.05) is 42.5 Å². The fourth-order valence-electron chi connectivity index (χ4n) is 0.793. The van der Waals surface area contributed by atoms with Crippen LogP contribution in [0.2, 0.25) is 0 Å². The van der Waals surface area contributed by atoms with Gasteiger partial charge in [-0.3, -0.25) is 0 Å². The molecule has 0 bridgehead atoms. The second-order valence-electron chi connectivity index (χ2n) is 2.12. The molecule has 0 aromatic heterocycles. The van der Waals surface area contributed by atoms with E-state index in [0.717, 1.165) is 0 Å². The molecule has 0 aliphatic carbocycles. The lowest BCUT2D eigenvalue weighted by Gasteiger charge is -1.89. The third kappa shape index (κ3) is 3.21. The Morgan fingerprint density at radius 2 is 2.00 bits per heavy atom. The second kappa shape index (κ2) is 4.94. The molecule has 0 aliphatic heterocycles. The fourth-order valence-corrected chi connectivity index (χ4v) is 0.872. The average Bonchev–Trinajstić information content (AvgIpc) is 2.07. The largest absolute Gasteiger partial charge is 0.135 e. The van der Waals surface area contributed by atoms with Crippen molar-refractivity contribution >= 4 is 17.9 Å². The zero-order valence-corrected chi connectivity index (χ0v) is 6.83. The van der Waals surface area contributed by atoms with Crippen LogP contribution in [0.25, 0.3) is 6.08 Å². The van der Waals surface area contributed by atoms with Gasteiger partial charge in [0.15, 0.2) is 0 Å². The second-order valence-corrected chi connectivity index (χ2v) is 2.35. The Balaban J connectivity index is 2.50. The lowest BCUT2D eigenvalue weighted by molar-refractivity contribution is 1.10. The Morgan fingerprint density at radius 3 is 2.64 bits per heavy atom. The van der Waals surface area contributed by atoms with Crippen molar-refractivity contribution in [3.05, 3.63) is 42.0 Å². The molecular formula is C9H9ClN. The van der Waals surface area contributed by atoms with Crippen LogP contribution in [-0.4, -0.2) is 6.54 Å². The van der Waals surface area contributed by atoms with Crippen molar-refractivity contribution in [2.24, 2.45) is 0 Å². The van der Waals surface area contributed by atoms with Crippen molar-refractivity contribution in [1.82, 2.24) is 4.84 Å². The molecule has 0 spiro atoms. The van der Waals surface area contributed by atoms with E-state index in [4.69, 9.17) is 11.8 Å². The third-order valence-corrected chi connectivity index (χ3v) is 1.42. The molecule has 57 valence electrons. The van der Waals surface area contributed by atoms with Gasteiger partial charge in [0.25, 0.3) is 0 Å². The first-order valence-electron chi connectivity index (χ1n) is 3.43. The molecule has 0 fully saturated rings. The van der Waals surface area contributed by atoms with Crippen LogP contribution >= 0.6 is 11.8 Å². The molecular weight excluding hydrogens is 158 g/mol. The van der Waals surface area contributed by atoms with Crippen LogP contribution < -0.4 is 4.84 Å². The van der Waals surface area contributed by atoms with Crippen LogP contribution in [0.15, 0.2) is 36.4 Å². The SMILES string of the molecule is Cl[N]C/C=C/c1ccccc1. The van der Waals surface area contributed by atoms with E-state index < -0.39 is 0 Å². The molecule has 0 N–H and O–H groups in total. The normalized spacial score (nSPS) is 10.6. The Kier molecular flexibility index (Phi) is 3.73. The Hall–Kier alpha value is -0.790. The van der Waals surface area contributed by atoms with Gasteiger partial charge in [-0.1, -0.05) is 42.5 Å². The van der Waals surface area contributed by atoms with Gasteiger partial charge in [0.05, 0.1) is 0 Å². The molecule has 1 rings (SSSR count). The van der Waals surface area contributed by atoms with E-state index in [9.17, 15) is 0 Å². The summed E-state index contributed by atoms with van der Waals surface area (Å²) in [7, 11) is 0. The van der Waals surface area contributed by atoms with Crippen molar-refractivity contribution in [2.75, 3.05) is 6.54 Å². The first-order valence-corrected chi connectivity index (χ1v) is 3.76. The summed E-state index contributed by atoms with van der Waals surface area (Å²) in [6.07, 6.45) is 3.91. The van der Waals surface area contributed by atoms with E-state index in [1.165, 1.54) is 5.56 Å². The standard InChI is InChI=1S/C9H9ClN/c10-11-8-4-7-9-5-2-1-3-6-9/h1-7H,8H2/b7-4+. The smallest absolute Gasteiger partial charge is 0.0495 e. The number of rotatable bonds is 3. The van der Waals surface area contributed by atoms with Crippen LogP contribution in [0.4, 0.5) is 0 Å². The fraction of sp³-hybridized carbons (Fsp3) is 0.111. The van der Waals surface area contributed by atoms with Crippen molar-refractivity contribution < 1.29 is 0 Å². The summed E-state index contributed by atoms with van der Waals surface area (Å²) in [6, 6.07) is 10.0. The van der Waals surface area contributed by atoms with Gasteiger partial charge < -0.3 is 0 Å². The summed E-state index contributed by atoms with van der Waals surface area (Å²) in [5.41, 5.74) is 1.17. The van der Waals surface area contributed by atoms with Gasteiger partial charge in [-0.2, -0.15) is 0 Å². The predicted molar refractivity (Wildman–Crippen MR) is 48.3 cm³/mol. The van der Waals surface area contributed by atoms with Gasteiger partial charge in [-0.15, -0.1) is 4.84 Å². The summed E-state index contributed by atoms with van der Waals surface area (Å²) < 4.78 is 0. The van der Waals surface area contributed by atoms with Crippen molar-refractivity contribution in [1.29, 1.82) is 0 Å². The van der Waals surface area contributed by atoms with Gasteiger partial charge in [0, 0.05) is 6.54 Å². The third-order valence-electron chi connectivity index (χ3n) is 1.28. The molecule has 0 atom stereocenters. The van der Waals surface area contributed by atoms with E-state index in [-0.39, 0.29) is 0 Å². The van der Waals surface area contributed by atoms with E-state index in [2.05, 4.69) is 4.84 Å². The van der Waals surface area contributed by atoms with Gasteiger partial charge in [-0.05, 0) is 17.3 Å². The molecule has 0 heterocycles. The summed E-state index contributed by atoms with van der Waals surface area (Å²) in [5, 5.41) is 0. The molecule has 0 aliphatic rings. The van der Waals surface area contributed by atoms with E-state index in [1.54, 1.807) is 0 Å². The maximum absolute atomic E-state index is 5.14. The maximum atomic E-state index is 5.14. The molecule has 0 saturated heterocycles. The molecule has 0 saturated carbocycles. The molecule has 1 aromatic carbocycles. The van der Waals surface area contributed by atoms with E-state index >= 15 is 0 Å². The van der Waals surface area contributed by atoms with E-state index in [0.29, 0.717) is 6.54 Å². The summed E-state index contributed by atoms with van der Waals surface area (Å²) in [6.45, 7) is 0.566. The maximum Gasteiger partial charge on any atom is 0.0495 e. The monoisotopic (exact) mass is 166 g/mol. The zero-order chi connectivity index (χ0) is 7.94. The molecule has 1 nitrogen and oxygen atoms in total. The topological polar surface area (TPSA) is 14.1 Å². The summed E-state index contributed by atoms with van der Waals surface area (Å²) in [5.74, 6) is 0. The molecule has 1 aromatic rings. The van der Waals surface area contributed by atoms with Crippen molar-refractivity contribution in [2.45, 2.75) is 0 Å². The Morgan fingerprint density at radius 1 is 1.27 bits per heavy atom. The first kappa shape index (κ1) is 8.31. The number of benzene rings is 1. The van der Waals surface area contributed by atoms with Crippen molar-refractivity contribution in [3.63, 3.8) is 0 Å². The van der Waals surface area contributed by atoms with Crippen LogP contribution in [0.3, 0.4) is 0 Å². The first-order chi connectivity index (χ1) is 5.43. The van der Waals surface area contributed by atoms with Gasteiger partial charge in [-0.25, -0.2) is 0 Å². The van der Waals surface area contributed by atoms with Gasteiger partial charge in [0.2, 0.25) is 0 Å². The number of halogens is 1. The lowest BCUT2D eigenvalue weighted by Crippen LogP contribution is -1.85. The molecule has 0 amide bonds. The highest BCUT2D eigenvalue weighted by atomic mass is 35.5. The molecule has 11 heavy (non-hydrogen) atoms. The predicted octanol–water partition coefficient (Wildman–Crippen LogP) is 2.46. The summed E-state index contributed by atoms with van der Waals surface area (Å²) >= 11 is 5.14. The minimum Gasteiger partial charge on any atom is -0.135 e. The Labute approximate surface area is 71.8 Å². The minimum atomic E-state index is 0.566. The van der Waals surface area contributed by atoms with Gasteiger partial charge in [0.1, 0.15) is 0 Å². The van der Waals surface area contributed by atoms with Crippen LogP contribution in [0, 0.1) is 0 Å². The number of hydrogen-bond acceptors (Lipinski definition) is 0. The van der Waals surface area contributed by atoms with Crippen LogP contribution in [-0.2, 0) is 0 Å². The number of nitrogens with zero attached hydrogens (tertiary/aromatic N) is 1. The summed E-state index contributed by atoms with van der Waals surface area (Å²) in [4.78, 5) is 3.44. The minimum absolute atomic E-state index is 0.566. The zero-order valence-electron chi connectivity index (χ0n) is 6.07. The highest BCUT2D eigenvalue weighted by molar-refractivity contribution is 6.13. The van der Waals surface area contributed by atoms with Crippen molar-refractivity contribution in [3.8, 4) is 0 Å². The Bertz CT molecular complexity index is 218. The molecule has 0 unspecified atom stereocenters. The lowest BCUT2D eigenvalue weighted by atomic mass is 10.2. The number of hydrogen-bond donors (Lipinski definition) is 0. The van der Waals surface area contributed by atoms with Crippen LogP contribution in [0.5, 0.6) is 0 Å². The quantitative estimate of drug-likeness (QED) is 0.655.